The molecule has 31 heavy (non-hydrogen) atoms. The lowest BCUT2D eigenvalue weighted by molar-refractivity contribution is -0.156. The number of fused-ring (bicyclic) bond motifs is 2. The van der Waals surface area contributed by atoms with Gasteiger partial charge < -0.3 is 15.5 Å². The number of halogens is 5. The van der Waals surface area contributed by atoms with Crippen molar-refractivity contribution >= 4 is 29.2 Å². The fraction of sp³-hybridized carbons (Fsp3) is 0.333. The Morgan fingerprint density at radius 2 is 2.00 bits per heavy atom. The number of carbonyl (C=O) groups excluding carboxylic acids is 2. The Bertz CT molecular complexity index is 1110. The molecule has 10 heteroatoms. The maximum atomic E-state index is 13.8. The fourth-order valence-electron chi connectivity index (χ4n) is 4.86. The molecular formula is C21H16ClF4N3O2. The van der Waals surface area contributed by atoms with Gasteiger partial charge >= 0.3 is 12.2 Å². The van der Waals surface area contributed by atoms with Crippen LogP contribution in [0.25, 0.3) is 0 Å². The van der Waals surface area contributed by atoms with E-state index in [0.717, 1.165) is 0 Å². The zero-order valence-corrected chi connectivity index (χ0v) is 16.6. The summed E-state index contributed by atoms with van der Waals surface area (Å²) in [7, 11) is 0. The molecule has 1 saturated carbocycles. The third-order valence-corrected chi connectivity index (χ3v) is 6.60. The second kappa shape index (κ2) is 6.85. The van der Waals surface area contributed by atoms with Crippen LogP contribution in [-0.4, -0.2) is 35.6 Å². The van der Waals surface area contributed by atoms with Crippen LogP contribution in [-0.2, 0) is 0 Å². The summed E-state index contributed by atoms with van der Waals surface area (Å²) in [5.41, 5.74) is 1.25. The number of nitrogens with zero attached hydrogens (tertiary/aromatic N) is 1. The number of amides is 3. The van der Waals surface area contributed by atoms with Crippen LogP contribution in [0.4, 0.5) is 28.0 Å². The highest BCUT2D eigenvalue weighted by atomic mass is 35.5. The fourth-order valence-corrected chi connectivity index (χ4v) is 5.09. The van der Waals surface area contributed by atoms with E-state index in [9.17, 15) is 27.2 Å². The predicted octanol–water partition coefficient (Wildman–Crippen LogP) is 4.73. The van der Waals surface area contributed by atoms with Crippen LogP contribution in [0.5, 0.6) is 0 Å². The molecule has 3 unspecified atom stereocenters. The quantitative estimate of drug-likeness (QED) is 0.646. The van der Waals surface area contributed by atoms with Crippen LogP contribution < -0.4 is 10.6 Å². The molecule has 1 aliphatic carbocycles. The van der Waals surface area contributed by atoms with E-state index in [1.165, 1.54) is 23.1 Å². The van der Waals surface area contributed by atoms with E-state index >= 15 is 0 Å². The molecule has 2 aromatic carbocycles. The number of alkyl halides is 3. The van der Waals surface area contributed by atoms with E-state index in [1.807, 2.05) is 0 Å². The topological polar surface area (TPSA) is 61.4 Å². The zero-order chi connectivity index (χ0) is 22.1. The molecule has 4 atom stereocenters. The smallest absolute Gasteiger partial charge is 0.341 e. The molecule has 3 amide bonds. The van der Waals surface area contributed by atoms with Crippen molar-refractivity contribution in [2.24, 2.45) is 11.8 Å². The summed E-state index contributed by atoms with van der Waals surface area (Å²) in [5.74, 6) is -3.01. The van der Waals surface area contributed by atoms with Gasteiger partial charge in [0.15, 0.2) is 0 Å². The van der Waals surface area contributed by atoms with Crippen LogP contribution in [0.2, 0.25) is 5.02 Å². The summed E-state index contributed by atoms with van der Waals surface area (Å²) in [5, 5.41) is 5.62. The highest BCUT2D eigenvalue weighted by Crippen LogP contribution is 2.58. The van der Waals surface area contributed by atoms with Gasteiger partial charge in [-0.15, -0.1) is 0 Å². The summed E-state index contributed by atoms with van der Waals surface area (Å²) >= 11 is 6.22. The Hall–Kier alpha value is -2.81. The average molecular weight is 454 g/mol. The minimum absolute atomic E-state index is 0.231. The Kier molecular flexibility index (Phi) is 4.44. The van der Waals surface area contributed by atoms with Gasteiger partial charge in [0, 0.05) is 40.0 Å². The summed E-state index contributed by atoms with van der Waals surface area (Å²) in [6.45, 7) is 0.235. The van der Waals surface area contributed by atoms with E-state index < -0.39 is 47.9 Å². The van der Waals surface area contributed by atoms with Crippen molar-refractivity contribution < 1.29 is 27.2 Å². The summed E-state index contributed by atoms with van der Waals surface area (Å²) in [4.78, 5) is 26.5. The number of nitrogens with one attached hydrogen (secondary N) is 2. The van der Waals surface area contributed by atoms with Gasteiger partial charge in [0.05, 0.1) is 12.0 Å². The van der Waals surface area contributed by atoms with Crippen LogP contribution in [0.1, 0.15) is 33.9 Å². The zero-order valence-electron chi connectivity index (χ0n) is 15.8. The van der Waals surface area contributed by atoms with E-state index in [1.54, 1.807) is 18.2 Å². The maximum Gasteiger partial charge on any atom is 0.394 e. The van der Waals surface area contributed by atoms with Crippen molar-refractivity contribution in [3.05, 3.63) is 63.9 Å². The Balaban J connectivity index is 1.45. The van der Waals surface area contributed by atoms with Gasteiger partial charge in [0.2, 0.25) is 0 Å². The SMILES string of the molecule is O=C1NC(c2cc(F)ccc2Cl)c2c(NC(=O)N3CCC4C3[C@@H]4C(F)(F)F)cccc21. The van der Waals surface area contributed by atoms with Gasteiger partial charge in [0.1, 0.15) is 5.82 Å². The van der Waals surface area contributed by atoms with Crippen molar-refractivity contribution in [3.8, 4) is 0 Å². The lowest BCUT2D eigenvalue weighted by Crippen LogP contribution is -2.38. The lowest BCUT2D eigenvalue weighted by atomic mass is 9.96. The highest BCUT2D eigenvalue weighted by Gasteiger charge is 2.69. The first-order valence-electron chi connectivity index (χ1n) is 9.70. The largest absolute Gasteiger partial charge is 0.394 e. The molecule has 5 nitrogen and oxygen atoms in total. The summed E-state index contributed by atoms with van der Waals surface area (Å²) in [6.07, 6.45) is -4.03. The molecule has 0 bridgehead atoms. The number of hydrogen-bond donors (Lipinski definition) is 2. The standard InChI is InChI=1S/C21H16ClF4N3O2/c22-13-5-4-9(23)8-12(13)17-15-10(19(30)28-17)2-1-3-14(15)27-20(31)29-7-6-11-16(18(11)29)21(24,25)26/h1-5,8,11,16-18H,6-7H2,(H,27,31)(H,28,30)/t11?,16-,17?,18?/m1/s1. The van der Waals surface area contributed by atoms with Gasteiger partial charge in [-0.25, -0.2) is 9.18 Å². The number of likely N-dealkylation sites (tertiary alicyclic amines) is 1. The number of carbonyl (C=O) groups is 2. The molecule has 0 radical (unpaired) electrons. The van der Waals surface area contributed by atoms with E-state index in [2.05, 4.69) is 10.6 Å². The van der Waals surface area contributed by atoms with Gasteiger partial charge in [-0.1, -0.05) is 17.7 Å². The van der Waals surface area contributed by atoms with Crippen LogP contribution in [0, 0.1) is 17.7 Å². The molecule has 1 saturated heterocycles. The van der Waals surface area contributed by atoms with Crippen molar-refractivity contribution in [1.29, 1.82) is 0 Å². The molecule has 5 rings (SSSR count). The van der Waals surface area contributed by atoms with E-state index in [-0.39, 0.29) is 22.8 Å². The van der Waals surface area contributed by atoms with Crippen LogP contribution >= 0.6 is 11.6 Å². The Morgan fingerprint density at radius 1 is 1.23 bits per heavy atom. The molecule has 0 aromatic heterocycles. The number of piperidine rings is 1. The highest BCUT2D eigenvalue weighted by molar-refractivity contribution is 6.31. The molecule has 0 spiro atoms. The van der Waals surface area contributed by atoms with Crippen molar-refractivity contribution in [2.75, 3.05) is 11.9 Å². The van der Waals surface area contributed by atoms with Crippen molar-refractivity contribution in [1.82, 2.24) is 10.2 Å². The molecule has 2 aromatic rings. The number of rotatable bonds is 2. The first kappa shape index (κ1) is 20.1. The van der Waals surface area contributed by atoms with Crippen molar-refractivity contribution in [2.45, 2.75) is 24.7 Å². The van der Waals surface area contributed by atoms with Gasteiger partial charge in [-0.3, -0.25) is 4.79 Å². The van der Waals surface area contributed by atoms with Gasteiger partial charge in [-0.05, 0) is 42.7 Å². The number of hydrogen-bond acceptors (Lipinski definition) is 2. The first-order valence-corrected chi connectivity index (χ1v) is 10.1. The molecule has 2 fully saturated rings. The Morgan fingerprint density at radius 3 is 2.71 bits per heavy atom. The third kappa shape index (κ3) is 3.22. The minimum Gasteiger partial charge on any atom is -0.341 e. The van der Waals surface area contributed by atoms with Crippen LogP contribution in [0.15, 0.2) is 36.4 Å². The maximum absolute atomic E-state index is 13.8. The first-order chi connectivity index (χ1) is 14.7. The summed E-state index contributed by atoms with van der Waals surface area (Å²) < 4.78 is 53.2. The Labute approximate surface area is 179 Å². The molecule has 162 valence electrons. The molecular weight excluding hydrogens is 438 g/mol. The second-order valence-electron chi connectivity index (χ2n) is 7.97. The minimum atomic E-state index is -4.34. The second-order valence-corrected chi connectivity index (χ2v) is 8.38. The third-order valence-electron chi connectivity index (χ3n) is 6.25. The predicted molar refractivity (Wildman–Crippen MR) is 104 cm³/mol. The molecule has 2 N–H and O–H groups in total. The number of benzene rings is 2. The lowest BCUT2D eigenvalue weighted by Gasteiger charge is -2.23. The average Bonchev–Trinajstić information content (AvgIpc) is 3.12. The molecule has 2 aliphatic heterocycles. The summed E-state index contributed by atoms with van der Waals surface area (Å²) in [6, 6.07) is 6.10. The number of urea groups is 1. The van der Waals surface area contributed by atoms with E-state index in [4.69, 9.17) is 11.6 Å². The van der Waals surface area contributed by atoms with Crippen LogP contribution in [0.3, 0.4) is 0 Å². The van der Waals surface area contributed by atoms with E-state index in [0.29, 0.717) is 17.5 Å². The monoisotopic (exact) mass is 453 g/mol. The van der Waals surface area contributed by atoms with Gasteiger partial charge in [0.25, 0.3) is 5.91 Å². The van der Waals surface area contributed by atoms with Gasteiger partial charge in [-0.2, -0.15) is 13.2 Å². The molecule has 3 aliphatic rings. The normalized spacial score (nSPS) is 26.4. The molecule has 2 heterocycles. The van der Waals surface area contributed by atoms with Crippen molar-refractivity contribution in [3.63, 3.8) is 0 Å². The number of anilines is 1.